The molecule has 1 N–H and O–H groups in total. The van der Waals surface area contributed by atoms with Crippen molar-refractivity contribution in [3.05, 3.63) is 40.6 Å². The fraction of sp³-hybridized carbons (Fsp3) is 0.333. The van der Waals surface area contributed by atoms with E-state index < -0.39 is 0 Å². The third kappa shape index (κ3) is 3.07. The van der Waals surface area contributed by atoms with Gasteiger partial charge in [-0.15, -0.1) is 11.3 Å². The first-order valence-corrected chi connectivity index (χ1v) is 7.99. The van der Waals surface area contributed by atoms with E-state index >= 15 is 0 Å². The van der Waals surface area contributed by atoms with Crippen LogP contribution in [0.2, 0.25) is 0 Å². The summed E-state index contributed by atoms with van der Waals surface area (Å²) in [5.41, 5.74) is 0.920. The number of rotatable bonds is 2. The predicted molar refractivity (Wildman–Crippen MR) is 83.4 cm³/mol. The highest BCUT2D eigenvalue weighted by Crippen LogP contribution is 2.32. The number of pyridine rings is 1. The molecule has 2 aromatic rings. The van der Waals surface area contributed by atoms with Gasteiger partial charge in [0.15, 0.2) is 0 Å². The lowest BCUT2D eigenvalue weighted by Crippen LogP contribution is -2.41. The maximum Gasteiger partial charge on any atom is 0.322 e. The van der Waals surface area contributed by atoms with Crippen LogP contribution in [0.5, 0.6) is 0 Å². The number of carbonyl (C=O) groups is 1. The van der Waals surface area contributed by atoms with Gasteiger partial charge in [0, 0.05) is 18.1 Å². The van der Waals surface area contributed by atoms with E-state index in [-0.39, 0.29) is 12.1 Å². The van der Waals surface area contributed by atoms with Gasteiger partial charge in [-0.3, -0.25) is 0 Å². The van der Waals surface area contributed by atoms with E-state index in [1.807, 2.05) is 16.3 Å². The molecule has 0 aromatic carbocycles. The molecule has 6 nitrogen and oxygen atoms in total. The molecule has 0 bridgehead atoms. The molecule has 1 saturated heterocycles. The Morgan fingerprint density at radius 1 is 1.41 bits per heavy atom. The second-order valence-electron chi connectivity index (χ2n) is 5.05. The van der Waals surface area contributed by atoms with Crippen LogP contribution in [-0.4, -0.2) is 27.4 Å². The number of nitrogens with one attached hydrogen (secondary N) is 1. The van der Waals surface area contributed by atoms with E-state index in [0.29, 0.717) is 11.4 Å². The topological polar surface area (TPSA) is 81.9 Å². The SMILES string of the molecule is N#Cc1ccc(NC(=O)N2CCCC[C@@H]2c2nccs2)cn1. The van der Waals surface area contributed by atoms with Crippen LogP contribution in [-0.2, 0) is 0 Å². The van der Waals surface area contributed by atoms with E-state index in [9.17, 15) is 4.79 Å². The number of likely N-dealkylation sites (tertiary alicyclic amines) is 1. The molecule has 112 valence electrons. The summed E-state index contributed by atoms with van der Waals surface area (Å²) in [5, 5.41) is 14.5. The average molecular weight is 313 g/mol. The summed E-state index contributed by atoms with van der Waals surface area (Å²) < 4.78 is 0. The Morgan fingerprint density at radius 2 is 2.32 bits per heavy atom. The maximum absolute atomic E-state index is 12.5. The fourth-order valence-electron chi connectivity index (χ4n) is 2.56. The normalized spacial score (nSPS) is 17.8. The zero-order valence-corrected chi connectivity index (χ0v) is 12.7. The Labute approximate surface area is 132 Å². The van der Waals surface area contributed by atoms with Crippen LogP contribution in [0.25, 0.3) is 0 Å². The minimum atomic E-state index is -0.147. The highest BCUT2D eigenvalue weighted by atomic mass is 32.1. The number of thiazole rings is 1. The first kappa shape index (κ1) is 14.5. The summed E-state index contributed by atoms with van der Waals surface area (Å²) >= 11 is 1.58. The van der Waals surface area contributed by atoms with E-state index in [4.69, 9.17) is 5.26 Å². The Hall–Kier alpha value is -2.46. The van der Waals surface area contributed by atoms with Gasteiger partial charge in [0.1, 0.15) is 16.8 Å². The monoisotopic (exact) mass is 313 g/mol. The van der Waals surface area contributed by atoms with Crippen LogP contribution in [0, 0.1) is 11.3 Å². The van der Waals surface area contributed by atoms with Crippen molar-refractivity contribution in [2.75, 3.05) is 11.9 Å². The Balaban J connectivity index is 1.73. The molecule has 0 aliphatic carbocycles. The summed E-state index contributed by atoms with van der Waals surface area (Å²) in [4.78, 5) is 22.7. The molecule has 2 amide bonds. The summed E-state index contributed by atoms with van der Waals surface area (Å²) in [6.45, 7) is 0.722. The molecule has 3 rings (SSSR count). The molecule has 0 radical (unpaired) electrons. The second kappa shape index (κ2) is 6.54. The van der Waals surface area contributed by atoms with Crippen LogP contribution in [0.4, 0.5) is 10.5 Å². The first-order chi connectivity index (χ1) is 10.8. The van der Waals surface area contributed by atoms with Gasteiger partial charge in [-0.25, -0.2) is 14.8 Å². The van der Waals surface area contributed by atoms with Gasteiger partial charge in [-0.2, -0.15) is 5.26 Å². The quantitative estimate of drug-likeness (QED) is 0.923. The summed E-state index contributed by atoms with van der Waals surface area (Å²) in [6.07, 6.45) is 6.31. The Kier molecular flexibility index (Phi) is 4.30. The summed E-state index contributed by atoms with van der Waals surface area (Å²) in [7, 11) is 0. The third-order valence-electron chi connectivity index (χ3n) is 3.63. The van der Waals surface area contributed by atoms with Crippen molar-refractivity contribution in [1.29, 1.82) is 5.26 Å². The van der Waals surface area contributed by atoms with Gasteiger partial charge in [0.05, 0.1) is 17.9 Å². The Morgan fingerprint density at radius 3 is 3.00 bits per heavy atom. The van der Waals surface area contributed by atoms with Crippen LogP contribution in [0.15, 0.2) is 29.9 Å². The largest absolute Gasteiger partial charge is 0.322 e. The van der Waals surface area contributed by atoms with E-state index in [1.165, 1.54) is 6.20 Å². The van der Waals surface area contributed by atoms with E-state index in [0.717, 1.165) is 30.8 Å². The van der Waals surface area contributed by atoms with E-state index in [1.54, 1.807) is 29.7 Å². The molecule has 22 heavy (non-hydrogen) atoms. The van der Waals surface area contributed by atoms with Crippen molar-refractivity contribution in [3.8, 4) is 6.07 Å². The number of aromatic nitrogens is 2. The minimum Gasteiger partial charge on any atom is -0.315 e. The lowest BCUT2D eigenvalue weighted by Gasteiger charge is -2.34. The molecular weight excluding hydrogens is 298 g/mol. The molecular formula is C15H15N5OS. The molecule has 1 fully saturated rings. The summed E-state index contributed by atoms with van der Waals surface area (Å²) in [5.74, 6) is 0. The van der Waals surface area contributed by atoms with Crippen molar-refractivity contribution >= 4 is 23.1 Å². The van der Waals surface area contributed by atoms with E-state index in [2.05, 4.69) is 15.3 Å². The maximum atomic E-state index is 12.5. The predicted octanol–water partition coefficient (Wildman–Crippen LogP) is 3.17. The number of nitriles is 1. The lowest BCUT2D eigenvalue weighted by atomic mass is 10.0. The van der Waals surface area contributed by atoms with Crippen LogP contribution in [0.3, 0.4) is 0 Å². The van der Waals surface area contributed by atoms with Crippen molar-refractivity contribution in [3.63, 3.8) is 0 Å². The molecule has 0 unspecified atom stereocenters. The van der Waals surface area contributed by atoms with Gasteiger partial charge >= 0.3 is 6.03 Å². The Bertz CT molecular complexity index is 677. The standard InChI is InChI=1S/C15H15N5OS/c16-9-11-4-5-12(10-18-11)19-15(21)20-7-2-1-3-13(20)14-17-6-8-22-14/h4-6,8,10,13H,1-3,7H2,(H,19,21)/t13-/m1/s1. The van der Waals surface area contributed by atoms with Gasteiger partial charge in [0.25, 0.3) is 0 Å². The van der Waals surface area contributed by atoms with Gasteiger partial charge < -0.3 is 10.2 Å². The van der Waals surface area contributed by atoms with Crippen molar-refractivity contribution < 1.29 is 4.79 Å². The number of hydrogen-bond acceptors (Lipinski definition) is 5. The number of urea groups is 1. The average Bonchev–Trinajstić information content (AvgIpc) is 3.10. The van der Waals surface area contributed by atoms with Gasteiger partial charge in [-0.05, 0) is 31.4 Å². The lowest BCUT2D eigenvalue weighted by molar-refractivity contribution is 0.163. The molecule has 1 aliphatic heterocycles. The molecule has 0 saturated carbocycles. The first-order valence-electron chi connectivity index (χ1n) is 7.11. The van der Waals surface area contributed by atoms with Crippen molar-refractivity contribution in [2.24, 2.45) is 0 Å². The van der Waals surface area contributed by atoms with Crippen LogP contribution in [0.1, 0.15) is 36.0 Å². The number of anilines is 1. The fourth-order valence-corrected chi connectivity index (χ4v) is 3.34. The number of carbonyl (C=O) groups excluding carboxylic acids is 1. The molecule has 3 heterocycles. The smallest absolute Gasteiger partial charge is 0.315 e. The molecule has 0 spiro atoms. The van der Waals surface area contributed by atoms with Crippen molar-refractivity contribution in [1.82, 2.24) is 14.9 Å². The molecule has 1 aliphatic rings. The highest BCUT2D eigenvalue weighted by Gasteiger charge is 2.29. The molecule has 1 atom stereocenters. The number of nitrogens with zero attached hydrogens (tertiary/aromatic N) is 4. The van der Waals surface area contributed by atoms with Crippen LogP contribution < -0.4 is 5.32 Å². The summed E-state index contributed by atoms with van der Waals surface area (Å²) in [6, 6.07) is 5.12. The van der Waals surface area contributed by atoms with Gasteiger partial charge in [0.2, 0.25) is 0 Å². The van der Waals surface area contributed by atoms with Crippen molar-refractivity contribution in [2.45, 2.75) is 25.3 Å². The number of amides is 2. The second-order valence-corrected chi connectivity index (χ2v) is 5.98. The minimum absolute atomic E-state index is 0.0418. The number of piperidine rings is 1. The van der Waals surface area contributed by atoms with Crippen LogP contribution >= 0.6 is 11.3 Å². The molecule has 7 heteroatoms. The number of hydrogen-bond donors (Lipinski definition) is 1. The zero-order chi connectivity index (χ0) is 15.4. The third-order valence-corrected chi connectivity index (χ3v) is 4.51. The highest BCUT2D eigenvalue weighted by molar-refractivity contribution is 7.09. The zero-order valence-electron chi connectivity index (χ0n) is 11.9. The van der Waals surface area contributed by atoms with Gasteiger partial charge in [-0.1, -0.05) is 0 Å². The molecule has 2 aromatic heterocycles.